The number of pyridine rings is 1. The Bertz CT molecular complexity index is 2320. The second-order valence-corrected chi connectivity index (χ2v) is 19.7. The molecular formula is C55H64N+. The third-order valence-electron chi connectivity index (χ3n) is 14.8. The molecule has 1 nitrogen and oxygen atoms in total. The first-order chi connectivity index (χ1) is 26.4. The summed E-state index contributed by atoms with van der Waals surface area (Å²) < 4.78 is 2.61. The average Bonchev–Trinajstić information content (AvgIpc) is 3.19. The lowest BCUT2D eigenvalue weighted by Crippen LogP contribution is -2.60. The van der Waals surface area contributed by atoms with Crippen LogP contribution < -0.4 is 4.57 Å². The first-order valence-corrected chi connectivity index (χ1v) is 21.0. The molecule has 0 fully saturated rings. The maximum atomic E-state index is 2.61. The fourth-order valence-electron chi connectivity index (χ4n) is 8.45. The van der Waals surface area contributed by atoms with Gasteiger partial charge in [-0.2, -0.15) is 4.57 Å². The van der Waals surface area contributed by atoms with Crippen LogP contribution in [0.3, 0.4) is 0 Å². The molecule has 0 aliphatic carbocycles. The number of hydrogen-bond donors (Lipinski definition) is 0. The Morgan fingerprint density at radius 1 is 0.429 bits per heavy atom. The Morgan fingerprint density at radius 2 is 0.786 bits per heavy atom. The molecule has 0 atom stereocenters. The molecule has 1 aromatic heterocycles. The van der Waals surface area contributed by atoms with E-state index in [-0.39, 0.29) is 27.2 Å². The van der Waals surface area contributed by atoms with Crippen LogP contribution in [-0.2, 0) is 22.8 Å². The van der Waals surface area contributed by atoms with E-state index in [1.807, 2.05) is 0 Å². The van der Waals surface area contributed by atoms with Crippen molar-refractivity contribution in [3.8, 4) is 55.8 Å². The van der Waals surface area contributed by atoms with Crippen LogP contribution in [0, 0.1) is 10.8 Å². The van der Waals surface area contributed by atoms with Gasteiger partial charge in [-0.1, -0.05) is 192 Å². The van der Waals surface area contributed by atoms with Gasteiger partial charge in [-0.05, 0) is 88.9 Å². The molecule has 0 amide bonds. The summed E-state index contributed by atoms with van der Waals surface area (Å²) in [6, 6.07) is 48.4. The molecular weight excluding hydrogens is 675 g/mol. The Morgan fingerprint density at radius 3 is 1.18 bits per heavy atom. The average molecular weight is 739 g/mol. The highest BCUT2D eigenvalue weighted by atomic mass is 15.1. The number of aromatic nitrogens is 1. The number of fused-ring (bicyclic) bond motifs is 3. The standard InChI is InChI=1S/C55H64N/c1-13-55(14-2)37-46-28-27-45(35-49(46)50-36-48(33-34-56(50)55)54(11,12)52(6,7)8)44-25-23-41(24-26-44)40-17-15-38(16-18-40)39-19-21-42(22-20-39)43-29-31-47(32-30-43)53(9,10)51(3,4)5/h15-36H,13-14,37H2,1-12H3/q+1. The van der Waals surface area contributed by atoms with E-state index in [2.05, 4.69) is 221 Å². The summed E-state index contributed by atoms with van der Waals surface area (Å²) in [4.78, 5) is 0. The van der Waals surface area contributed by atoms with Gasteiger partial charge in [0.2, 0.25) is 5.69 Å². The van der Waals surface area contributed by atoms with Gasteiger partial charge >= 0.3 is 0 Å². The van der Waals surface area contributed by atoms with Crippen molar-refractivity contribution in [1.82, 2.24) is 0 Å². The molecule has 288 valence electrons. The molecule has 1 aliphatic rings. The van der Waals surface area contributed by atoms with Crippen molar-refractivity contribution >= 4 is 0 Å². The molecule has 0 saturated carbocycles. The van der Waals surface area contributed by atoms with Crippen molar-refractivity contribution < 1.29 is 4.57 Å². The Hall–Kier alpha value is -4.75. The lowest BCUT2D eigenvalue weighted by atomic mass is 9.65. The molecule has 1 aliphatic heterocycles. The summed E-state index contributed by atoms with van der Waals surface area (Å²) in [6.45, 7) is 28.2. The number of rotatable bonds is 8. The zero-order chi connectivity index (χ0) is 40.3. The van der Waals surface area contributed by atoms with Crippen molar-refractivity contribution in [3.63, 3.8) is 0 Å². The molecule has 0 radical (unpaired) electrons. The summed E-state index contributed by atoms with van der Waals surface area (Å²) in [5, 5.41) is 0. The molecule has 0 unspecified atom stereocenters. The third kappa shape index (κ3) is 6.97. The van der Waals surface area contributed by atoms with Crippen molar-refractivity contribution in [3.05, 3.63) is 150 Å². The fraction of sp³-hybridized carbons (Fsp3) is 0.364. The first-order valence-electron chi connectivity index (χ1n) is 21.0. The zero-order valence-electron chi connectivity index (χ0n) is 36.3. The normalized spacial score (nSPS) is 14.3. The highest BCUT2D eigenvalue weighted by Crippen LogP contribution is 2.45. The van der Waals surface area contributed by atoms with Crippen LogP contribution in [0.25, 0.3) is 55.8 Å². The molecule has 0 saturated heterocycles. The summed E-state index contributed by atoms with van der Waals surface area (Å²) >= 11 is 0. The highest BCUT2D eigenvalue weighted by Gasteiger charge is 2.45. The van der Waals surface area contributed by atoms with Gasteiger partial charge in [0.1, 0.15) is 0 Å². The van der Waals surface area contributed by atoms with Crippen LogP contribution >= 0.6 is 0 Å². The Labute approximate surface area is 338 Å². The van der Waals surface area contributed by atoms with E-state index in [4.69, 9.17) is 0 Å². The van der Waals surface area contributed by atoms with Crippen molar-refractivity contribution in [2.75, 3.05) is 0 Å². The SMILES string of the molecule is CCC1(CC)Cc2ccc(-c3ccc(-c4ccc(-c5ccc(-c6ccc(C(C)(C)C(C)(C)C)cc6)cc5)cc4)cc3)cc2-c2cc(C(C)(C)C(C)(C)C)cc[n+]21. The molecule has 2 heterocycles. The van der Waals surface area contributed by atoms with Crippen molar-refractivity contribution in [1.29, 1.82) is 0 Å². The topological polar surface area (TPSA) is 3.88 Å². The van der Waals surface area contributed by atoms with Gasteiger partial charge in [-0.15, -0.1) is 0 Å². The fourth-order valence-corrected chi connectivity index (χ4v) is 8.45. The lowest BCUT2D eigenvalue weighted by molar-refractivity contribution is -0.758. The minimum absolute atomic E-state index is 0.0365. The van der Waals surface area contributed by atoms with Crippen molar-refractivity contribution in [2.24, 2.45) is 10.8 Å². The number of benzene rings is 5. The van der Waals surface area contributed by atoms with Crippen LogP contribution in [0.1, 0.15) is 113 Å². The van der Waals surface area contributed by atoms with Crippen LogP contribution in [0.4, 0.5) is 0 Å². The van der Waals surface area contributed by atoms with Gasteiger partial charge in [0.15, 0.2) is 11.7 Å². The lowest BCUT2D eigenvalue weighted by Gasteiger charge is -2.40. The van der Waals surface area contributed by atoms with Gasteiger partial charge in [0.05, 0.1) is 5.56 Å². The third-order valence-corrected chi connectivity index (χ3v) is 14.8. The van der Waals surface area contributed by atoms with E-state index in [0.717, 1.165) is 19.3 Å². The van der Waals surface area contributed by atoms with E-state index < -0.39 is 0 Å². The molecule has 5 aromatic carbocycles. The van der Waals surface area contributed by atoms with Gasteiger partial charge in [0.25, 0.3) is 0 Å². The van der Waals surface area contributed by atoms with E-state index >= 15 is 0 Å². The minimum atomic E-state index is 0.0365. The van der Waals surface area contributed by atoms with Gasteiger partial charge in [-0.25, -0.2) is 0 Å². The zero-order valence-corrected chi connectivity index (χ0v) is 36.3. The molecule has 0 spiro atoms. The molecule has 1 heteroatoms. The van der Waals surface area contributed by atoms with Gasteiger partial charge in [0, 0.05) is 31.4 Å². The van der Waals surface area contributed by atoms with Crippen LogP contribution in [0.15, 0.2) is 134 Å². The van der Waals surface area contributed by atoms with Crippen molar-refractivity contribution in [2.45, 2.75) is 119 Å². The van der Waals surface area contributed by atoms with Gasteiger partial charge < -0.3 is 0 Å². The van der Waals surface area contributed by atoms with E-state index in [1.54, 1.807) is 0 Å². The minimum Gasteiger partial charge on any atom is -0.193 e. The predicted octanol–water partition coefficient (Wildman–Crippen LogP) is 15.0. The van der Waals surface area contributed by atoms with E-state index in [9.17, 15) is 0 Å². The summed E-state index contributed by atoms with van der Waals surface area (Å²) in [5.74, 6) is 0. The van der Waals surface area contributed by atoms with Gasteiger partial charge in [-0.3, -0.25) is 0 Å². The number of nitrogens with zero attached hydrogens (tertiary/aromatic N) is 1. The Balaban J connectivity index is 1.11. The first kappa shape index (κ1) is 39.5. The summed E-state index contributed by atoms with van der Waals surface area (Å²) in [7, 11) is 0. The maximum absolute atomic E-state index is 2.61. The molecule has 7 rings (SSSR count). The van der Waals surface area contributed by atoms with E-state index in [1.165, 1.54) is 72.5 Å². The largest absolute Gasteiger partial charge is 0.213 e. The number of hydrogen-bond acceptors (Lipinski definition) is 0. The Kier molecular flexibility index (Phi) is 10.1. The molecule has 0 N–H and O–H groups in total. The highest BCUT2D eigenvalue weighted by molar-refractivity contribution is 5.77. The maximum Gasteiger partial charge on any atom is 0.213 e. The molecule has 56 heavy (non-hydrogen) atoms. The van der Waals surface area contributed by atoms with Crippen LogP contribution in [0.2, 0.25) is 0 Å². The summed E-state index contributed by atoms with van der Waals surface area (Å²) in [5.41, 5.74) is 17.5. The second-order valence-electron chi connectivity index (χ2n) is 19.7. The monoisotopic (exact) mass is 739 g/mol. The smallest absolute Gasteiger partial charge is 0.193 e. The predicted molar refractivity (Wildman–Crippen MR) is 241 cm³/mol. The molecule has 0 bridgehead atoms. The van der Waals surface area contributed by atoms with Crippen LogP contribution in [-0.4, -0.2) is 0 Å². The summed E-state index contributed by atoms with van der Waals surface area (Å²) in [6.07, 6.45) is 5.69. The van der Waals surface area contributed by atoms with E-state index in [0.29, 0.717) is 0 Å². The second kappa shape index (κ2) is 14.3. The quantitative estimate of drug-likeness (QED) is 0.137. The molecule has 6 aromatic rings. The van der Waals surface area contributed by atoms with Crippen LogP contribution in [0.5, 0.6) is 0 Å².